The maximum atomic E-state index is 13.1. The summed E-state index contributed by atoms with van der Waals surface area (Å²) in [5, 5.41) is 10.5. The molecule has 1 aromatic heterocycles. The van der Waals surface area contributed by atoms with E-state index in [1.165, 1.54) is 4.31 Å². The average molecular weight is 411 g/mol. The van der Waals surface area contributed by atoms with Crippen LogP contribution in [0.25, 0.3) is 0 Å². The highest BCUT2D eigenvalue weighted by molar-refractivity contribution is 7.94. The first-order valence-corrected chi connectivity index (χ1v) is 11.2. The molecule has 0 aliphatic rings. The van der Waals surface area contributed by atoms with Gasteiger partial charge in [0.25, 0.3) is 14.4 Å². The quantitative estimate of drug-likeness (QED) is 0.634. The lowest BCUT2D eigenvalue weighted by atomic mass is 10.2. The second kappa shape index (κ2) is 9.27. The molecule has 0 saturated carbocycles. The number of unbranched alkanes of at least 4 members (excludes halogenated alkanes) is 1. The molecule has 0 aliphatic heterocycles. The van der Waals surface area contributed by atoms with Gasteiger partial charge in [-0.2, -0.15) is 8.42 Å². The van der Waals surface area contributed by atoms with E-state index >= 15 is 0 Å². The maximum absolute atomic E-state index is 13.1. The predicted molar refractivity (Wildman–Crippen MR) is 109 cm³/mol. The van der Waals surface area contributed by atoms with E-state index in [0.717, 1.165) is 29.7 Å². The van der Waals surface area contributed by atoms with Gasteiger partial charge in [0.05, 0.1) is 5.69 Å². The molecular weight excluding hydrogens is 384 g/mol. The van der Waals surface area contributed by atoms with Crippen molar-refractivity contribution >= 4 is 38.1 Å². The van der Waals surface area contributed by atoms with Crippen LogP contribution >= 0.6 is 11.3 Å². The Morgan fingerprint density at radius 2 is 1.89 bits per heavy atom. The second-order valence-electron chi connectivity index (χ2n) is 6.79. The van der Waals surface area contributed by atoms with Crippen molar-refractivity contribution in [2.45, 2.75) is 51.3 Å². The van der Waals surface area contributed by atoms with Crippen LogP contribution in [0.15, 0.2) is 28.6 Å². The molecule has 0 atom stereocenters. The van der Waals surface area contributed by atoms with Gasteiger partial charge >= 0.3 is 0 Å². The summed E-state index contributed by atoms with van der Waals surface area (Å²) >= 11 is 0.871. The number of carbonyl (C=O) groups excluding carboxylic acids is 1. The lowest BCUT2D eigenvalue weighted by Crippen LogP contribution is -2.34. The summed E-state index contributed by atoms with van der Waals surface area (Å²) in [5.41, 5.74) is 1.63. The minimum atomic E-state index is -3.87. The molecule has 148 valence electrons. The summed E-state index contributed by atoms with van der Waals surface area (Å²) in [6.45, 7) is 8.18. The molecule has 1 amide bonds. The molecule has 2 aromatic rings. The molecule has 1 aromatic carbocycles. The fraction of sp³-hybridized carbons (Fsp3) is 0.500. The van der Waals surface area contributed by atoms with Crippen LogP contribution in [-0.2, 0) is 14.8 Å². The van der Waals surface area contributed by atoms with Gasteiger partial charge in [-0.15, -0.1) is 10.2 Å². The summed E-state index contributed by atoms with van der Waals surface area (Å²) in [6.07, 6.45) is 2.05. The number of carbonyl (C=O) groups is 1. The molecule has 0 radical (unpaired) electrons. The first kappa shape index (κ1) is 21.3. The monoisotopic (exact) mass is 410 g/mol. The van der Waals surface area contributed by atoms with E-state index in [9.17, 15) is 13.2 Å². The van der Waals surface area contributed by atoms with E-state index in [1.54, 1.807) is 12.1 Å². The van der Waals surface area contributed by atoms with E-state index in [0.29, 0.717) is 18.7 Å². The van der Waals surface area contributed by atoms with E-state index in [-0.39, 0.29) is 21.3 Å². The van der Waals surface area contributed by atoms with E-state index < -0.39 is 10.0 Å². The zero-order valence-electron chi connectivity index (χ0n) is 16.1. The molecule has 0 unspecified atom stereocenters. The van der Waals surface area contributed by atoms with E-state index in [1.807, 2.05) is 39.8 Å². The Morgan fingerprint density at radius 3 is 2.48 bits per heavy atom. The lowest BCUT2D eigenvalue weighted by Gasteiger charge is -2.24. The van der Waals surface area contributed by atoms with Crippen LogP contribution in [-0.4, -0.2) is 31.1 Å². The number of benzene rings is 1. The van der Waals surface area contributed by atoms with Crippen molar-refractivity contribution in [1.29, 1.82) is 0 Å². The highest BCUT2D eigenvalue weighted by atomic mass is 32.2. The summed E-state index contributed by atoms with van der Waals surface area (Å²) < 4.78 is 27.5. The van der Waals surface area contributed by atoms with Gasteiger partial charge in [0.1, 0.15) is 0 Å². The number of nitrogens with one attached hydrogen (secondary N) is 1. The summed E-state index contributed by atoms with van der Waals surface area (Å²) in [7, 11) is -3.87. The maximum Gasteiger partial charge on any atom is 0.293 e. The number of hydrogen-bond donors (Lipinski definition) is 1. The standard InChI is InChI=1S/C18H26N4O3S2/c1-5-6-7-16(23)19-17-20-21-18(26-17)27(24,25)22(12-13(2)3)15-10-8-14(4)9-11-15/h8-11,13H,5-7,12H2,1-4H3,(H,19,20,23). The van der Waals surface area contributed by atoms with Crippen LogP contribution in [0, 0.1) is 12.8 Å². The average Bonchev–Trinajstić information content (AvgIpc) is 3.08. The van der Waals surface area contributed by atoms with Crippen molar-refractivity contribution in [3.8, 4) is 0 Å². The molecule has 2 rings (SSSR count). The fourth-order valence-corrected chi connectivity index (χ4v) is 5.01. The number of aromatic nitrogens is 2. The smallest absolute Gasteiger partial charge is 0.293 e. The van der Waals surface area contributed by atoms with Crippen LogP contribution in [0.3, 0.4) is 0 Å². The summed E-state index contributed by atoms with van der Waals surface area (Å²) in [5.74, 6) is -0.0586. The molecule has 0 saturated heterocycles. The topological polar surface area (TPSA) is 92.3 Å². The first-order chi connectivity index (χ1) is 12.7. The van der Waals surface area contributed by atoms with Gasteiger partial charge < -0.3 is 5.32 Å². The van der Waals surface area contributed by atoms with Crippen LogP contribution in [0.2, 0.25) is 0 Å². The van der Waals surface area contributed by atoms with Crippen molar-refractivity contribution < 1.29 is 13.2 Å². The molecule has 9 heteroatoms. The zero-order valence-corrected chi connectivity index (χ0v) is 17.7. The molecular formula is C18H26N4O3S2. The minimum Gasteiger partial charge on any atom is -0.301 e. The number of rotatable bonds is 9. The Labute approximate surface area is 164 Å². The Hall–Kier alpha value is -2.00. The third-order valence-corrected chi connectivity index (χ3v) is 6.75. The zero-order chi connectivity index (χ0) is 20.0. The van der Waals surface area contributed by atoms with Crippen molar-refractivity contribution in [3.05, 3.63) is 29.8 Å². The third-order valence-electron chi connectivity index (χ3n) is 3.77. The van der Waals surface area contributed by atoms with Crippen LogP contribution in [0.4, 0.5) is 10.8 Å². The van der Waals surface area contributed by atoms with Crippen LogP contribution < -0.4 is 9.62 Å². The number of anilines is 2. The number of hydrogen-bond acceptors (Lipinski definition) is 6. The van der Waals surface area contributed by atoms with Crippen LogP contribution in [0.1, 0.15) is 45.6 Å². The summed E-state index contributed by atoms with van der Waals surface area (Å²) in [4.78, 5) is 11.8. The molecule has 0 bridgehead atoms. The lowest BCUT2D eigenvalue weighted by molar-refractivity contribution is -0.116. The van der Waals surface area contributed by atoms with Gasteiger partial charge in [0.2, 0.25) is 11.0 Å². The van der Waals surface area contributed by atoms with Gasteiger partial charge in [-0.05, 0) is 31.4 Å². The highest BCUT2D eigenvalue weighted by Gasteiger charge is 2.30. The van der Waals surface area contributed by atoms with Gasteiger partial charge in [0.15, 0.2) is 0 Å². The molecule has 27 heavy (non-hydrogen) atoms. The van der Waals surface area contributed by atoms with E-state index in [4.69, 9.17) is 0 Å². The number of nitrogens with zero attached hydrogens (tertiary/aromatic N) is 3. The molecule has 0 aliphatic carbocycles. The Kier molecular flexibility index (Phi) is 7.32. The minimum absolute atomic E-state index is 0.127. The van der Waals surface area contributed by atoms with Gasteiger partial charge in [-0.1, -0.05) is 56.2 Å². The van der Waals surface area contributed by atoms with Gasteiger partial charge in [0, 0.05) is 13.0 Å². The first-order valence-electron chi connectivity index (χ1n) is 8.96. The van der Waals surface area contributed by atoms with Crippen molar-refractivity contribution in [1.82, 2.24) is 10.2 Å². The second-order valence-corrected chi connectivity index (χ2v) is 9.80. The number of sulfonamides is 1. The Balaban J connectivity index is 2.27. The van der Waals surface area contributed by atoms with Crippen molar-refractivity contribution in [3.63, 3.8) is 0 Å². The third kappa shape index (κ3) is 5.74. The van der Waals surface area contributed by atoms with Crippen molar-refractivity contribution in [2.24, 2.45) is 5.92 Å². The molecule has 7 nitrogen and oxygen atoms in total. The molecule has 1 N–H and O–H groups in total. The predicted octanol–water partition coefficient (Wildman–Crippen LogP) is 3.83. The Morgan fingerprint density at radius 1 is 1.22 bits per heavy atom. The van der Waals surface area contributed by atoms with E-state index in [2.05, 4.69) is 15.5 Å². The molecule has 0 fully saturated rings. The summed E-state index contributed by atoms with van der Waals surface area (Å²) in [6, 6.07) is 7.31. The van der Waals surface area contributed by atoms with Gasteiger partial charge in [-0.25, -0.2) is 0 Å². The fourth-order valence-electron chi connectivity index (χ4n) is 2.36. The SMILES string of the molecule is CCCCC(=O)Nc1nnc(S(=O)(=O)N(CC(C)C)c2ccc(C)cc2)s1. The number of aryl methyl sites for hydroxylation is 1. The van der Waals surface area contributed by atoms with Crippen LogP contribution in [0.5, 0.6) is 0 Å². The van der Waals surface area contributed by atoms with Crippen molar-refractivity contribution in [2.75, 3.05) is 16.2 Å². The molecule has 0 spiro atoms. The highest BCUT2D eigenvalue weighted by Crippen LogP contribution is 2.28. The Bertz CT molecular complexity index is 861. The normalized spacial score (nSPS) is 11.6. The largest absolute Gasteiger partial charge is 0.301 e. The number of amides is 1. The molecule has 1 heterocycles. The van der Waals surface area contributed by atoms with Gasteiger partial charge in [-0.3, -0.25) is 9.10 Å².